The summed E-state index contributed by atoms with van der Waals surface area (Å²) < 4.78 is 58.3. The fourth-order valence-corrected chi connectivity index (χ4v) is 18.3. The largest absolute Gasteiger partial charge is 0.508 e. The number of aliphatic imine (C=N–C) groups is 1. The highest BCUT2D eigenvalue weighted by Crippen LogP contribution is 2.40. The Balaban J connectivity index is 0.000000146. The van der Waals surface area contributed by atoms with Crippen molar-refractivity contribution in [3.8, 4) is 51.0 Å². The van der Waals surface area contributed by atoms with Crippen molar-refractivity contribution in [3.05, 3.63) is 163 Å². The molecular formula is C99H134BN19O14Si3. The van der Waals surface area contributed by atoms with Crippen LogP contribution in [0.2, 0.25) is 77.1 Å². The van der Waals surface area contributed by atoms with E-state index in [4.69, 9.17) is 62.8 Å². The smallest absolute Gasteiger partial charge is 0.494 e. The number of carbonyl (C=O) groups excluding carboxylic acids is 4. The van der Waals surface area contributed by atoms with Gasteiger partial charge >= 0.3 is 7.12 Å². The van der Waals surface area contributed by atoms with Gasteiger partial charge in [-0.15, -0.1) is 0 Å². The molecule has 33 nitrogen and oxygen atoms in total. The molecule has 6 aliphatic rings. The van der Waals surface area contributed by atoms with Gasteiger partial charge in [-0.2, -0.15) is 15.3 Å². The number of hydrogen-bond donors (Lipinski definition) is 1. The molecule has 4 aromatic carbocycles. The molecule has 0 unspecified atom stereocenters. The third-order valence-electron chi connectivity index (χ3n) is 25.4. The number of phenols is 1. The summed E-state index contributed by atoms with van der Waals surface area (Å²) in [6.45, 7) is 42.4. The Bertz CT molecular complexity index is 6060. The Morgan fingerprint density at radius 1 is 0.397 bits per heavy atom. The fraction of sp³-hybridized carbons (Fsp3) is 0.475. The lowest BCUT2D eigenvalue weighted by atomic mass is 9.78. The van der Waals surface area contributed by atoms with Gasteiger partial charge in [0.25, 0.3) is 0 Å². The predicted octanol–water partition coefficient (Wildman–Crippen LogP) is 12.8. The van der Waals surface area contributed by atoms with Crippen molar-refractivity contribution in [2.45, 2.75) is 143 Å². The zero-order valence-corrected chi connectivity index (χ0v) is 85.6. The van der Waals surface area contributed by atoms with Crippen LogP contribution < -0.4 is 34.5 Å². The first kappa shape index (κ1) is 100. The summed E-state index contributed by atoms with van der Waals surface area (Å²) >= 11 is 0. The van der Waals surface area contributed by atoms with Gasteiger partial charge in [0.2, 0.25) is 23.6 Å². The lowest BCUT2D eigenvalue weighted by molar-refractivity contribution is -0.130. The van der Waals surface area contributed by atoms with Gasteiger partial charge in [-0.25, -0.2) is 34.0 Å². The van der Waals surface area contributed by atoms with Gasteiger partial charge < -0.3 is 86.8 Å². The Hall–Kier alpha value is -11.5. The van der Waals surface area contributed by atoms with Crippen LogP contribution in [0.4, 0.5) is 23.3 Å². The Morgan fingerprint density at radius 2 is 0.743 bits per heavy atom. The van der Waals surface area contributed by atoms with Crippen LogP contribution in [0.15, 0.2) is 151 Å². The highest BCUT2D eigenvalue weighted by atomic mass is 28.3. The molecule has 5 saturated heterocycles. The monoisotopic (exact) mass is 1910 g/mol. The summed E-state index contributed by atoms with van der Waals surface area (Å²) in [4.78, 5) is 86.7. The molecule has 4 amide bonds. The molecule has 0 radical (unpaired) electrons. The van der Waals surface area contributed by atoms with Crippen LogP contribution >= 0.6 is 0 Å². The van der Waals surface area contributed by atoms with Gasteiger partial charge in [0.15, 0.2) is 0 Å². The van der Waals surface area contributed by atoms with Crippen molar-refractivity contribution in [3.63, 3.8) is 0 Å². The predicted molar refractivity (Wildman–Crippen MR) is 543 cm³/mol. The van der Waals surface area contributed by atoms with Crippen LogP contribution in [0.5, 0.6) is 17.2 Å². The number of ether oxygens (including phenoxy) is 7. The number of fused-ring (bicyclic) bond motifs is 4. The highest BCUT2D eigenvalue weighted by Gasteiger charge is 2.52. The van der Waals surface area contributed by atoms with E-state index in [0.29, 0.717) is 112 Å². The summed E-state index contributed by atoms with van der Waals surface area (Å²) in [6, 6.07) is 42.7. The second kappa shape index (κ2) is 43.9. The highest BCUT2D eigenvalue weighted by molar-refractivity contribution is 6.76. The molecule has 724 valence electrons. The summed E-state index contributed by atoms with van der Waals surface area (Å²) in [5, 5.41) is 27.7. The minimum atomic E-state index is -1.20. The molecule has 5 fully saturated rings. The number of nitrogens with zero attached hydrogens (tertiary/aromatic N) is 19. The molecule has 1 N–H and O–H groups in total. The van der Waals surface area contributed by atoms with Crippen LogP contribution in [-0.2, 0) is 78.9 Å². The van der Waals surface area contributed by atoms with Crippen LogP contribution in [0.25, 0.3) is 66.5 Å². The number of pyridine rings is 4. The molecule has 7 aromatic heterocycles. The number of hydrogen-bond acceptors (Lipinski definition) is 26. The van der Waals surface area contributed by atoms with Crippen LogP contribution in [-0.4, -0.2) is 313 Å². The van der Waals surface area contributed by atoms with Gasteiger partial charge in [-0.05, 0) is 160 Å². The van der Waals surface area contributed by atoms with E-state index in [1.54, 1.807) is 70.7 Å². The van der Waals surface area contributed by atoms with E-state index in [9.17, 15) is 24.3 Å². The van der Waals surface area contributed by atoms with Gasteiger partial charge in [0, 0.05) is 208 Å². The number of aromatic hydroxyl groups is 1. The van der Waals surface area contributed by atoms with E-state index in [1.807, 2.05) is 147 Å². The molecule has 0 aliphatic carbocycles. The van der Waals surface area contributed by atoms with E-state index < -0.39 is 42.5 Å². The van der Waals surface area contributed by atoms with E-state index in [1.165, 1.54) is 5.56 Å². The summed E-state index contributed by atoms with van der Waals surface area (Å²) in [7, 11) is 6.64. The van der Waals surface area contributed by atoms with Crippen LogP contribution in [0.3, 0.4) is 0 Å². The standard InChI is InChI=1S/C29H42BN5O4Si.C26H37N5O4Si.C23H31N5O3Si.C21H24N4O3/c1-28(2)29(3,4)39-30(38-28)22-9-10-24-23(18-22)27(32-35(24)20-37-15-16-40(6,7)8)21-11-12-31-25(17-21)34-14-13-33(5)26(36)19-34;1-29-10-11-30(18-25(29)32)24-16-20(8-9-27-24)26-22-17-21(35-13-12-33-2)6-7-23(22)31(28-26)19-34-14-15-36(3,4)5;1-26-9-10-27(15-22(26)30)21-13-17(7-8-24-21)23-19-14-18(29)5-6-20(19)28(25-23)16-31-11-12-32(2,3)4;1-24-7-8-25(14-20(24)26)19-11-15(5-6-22-19)21-18-12-17(28-10-9-27-2)4-3-16(18)13-23-21/h9-12,17-18H,13-16,19-20H2,1-8H3;6-9,16-17H,10-15,18-19H2,1-5H3;5-8,13-14,29H,9-12,15-16H2,1-4H3;3-6,11-12H,7-10,13-14H2,1-2H3. The Morgan fingerprint density at radius 3 is 1.12 bits per heavy atom. The van der Waals surface area contributed by atoms with Crippen molar-refractivity contribution in [2.24, 2.45) is 4.99 Å². The molecule has 0 atom stereocenters. The quantitative estimate of drug-likeness (QED) is 0.0302. The maximum absolute atomic E-state index is 12.4. The summed E-state index contributed by atoms with van der Waals surface area (Å²) in [5.74, 6) is 5.25. The minimum Gasteiger partial charge on any atom is -0.508 e. The average Bonchev–Trinajstić information content (AvgIpc) is 1.52. The topological polar surface area (TPSA) is 315 Å². The Labute approximate surface area is 801 Å². The lowest BCUT2D eigenvalue weighted by Crippen LogP contribution is -2.48. The normalized spacial score (nSPS) is 16.4. The molecule has 37 heteroatoms. The number of aromatic nitrogens is 10. The number of carbonyl (C=O) groups is 4. The zero-order valence-electron chi connectivity index (χ0n) is 82.6. The number of amides is 4. The third kappa shape index (κ3) is 25.5. The first-order chi connectivity index (χ1) is 64.8. The van der Waals surface area contributed by atoms with E-state index in [2.05, 4.69) is 131 Å². The molecule has 13 heterocycles. The first-order valence-corrected chi connectivity index (χ1v) is 58.0. The Kier molecular flexibility index (Phi) is 32.4. The van der Waals surface area contributed by atoms with Crippen molar-refractivity contribution < 1.29 is 66.8 Å². The number of methoxy groups -OCH3 is 2. The molecule has 0 bridgehead atoms. The molecule has 136 heavy (non-hydrogen) atoms. The van der Waals surface area contributed by atoms with Crippen LogP contribution in [0, 0.1) is 0 Å². The van der Waals surface area contributed by atoms with Crippen molar-refractivity contribution >= 4 is 122 Å². The minimum absolute atomic E-state index is 0.0820. The lowest BCUT2D eigenvalue weighted by Gasteiger charge is -2.32. The molecule has 0 saturated carbocycles. The van der Waals surface area contributed by atoms with Gasteiger partial charge in [-0.3, -0.25) is 24.2 Å². The van der Waals surface area contributed by atoms with Crippen molar-refractivity contribution in [1.82, 2.24) is 68.9 Å². The van der Waals surface area contributed by atoms with Crippen molar-refractivity contribution in [2.75, 3.05) is 187 Å². The van der Waals surface area contributed by atoms with Crippen molar-refractivity contribution in [1.29, 1.82) is 0 Å². The zero-order chi connectivity index (χ0) is 97.0. The van der Waals surface area contributed by atoms with E-state index in [0.717, 1.165) is 181 Å². The number of rotatable bonds is 32. The van der Waals surface area contributed by atoms with E-state index >= 15 is 0 Å². The number of likely N-dealkylation sites (N-methyl/N-ethyl adjacent to an activating group) is 4. The third-order valence-corrected chi connectivity index (χ3v) is 30.6. The fourth-order valence-electron chi connectivity index (χ4n) is 16.0. The van der Waals surface area contributed by atoms with Gasteiger partial charge in [-0.1, -0.05) is 77.1 Å². The molecule has 6 aliphatic heterocycles. The summed E-state index contributed by atoms with van der Waals surface area (Å²) in [5.41, 5.74) is 12.4. The van der Waals surface area contributed by atoms with E-state index in [-0.39, 0.29) is 29.4 Å². The summed E-state index contributed by atoms with van der Waals surface area (Å²) in [6.07, 6.45) is 7.10. The number of benzene rings is 4. The SMILES string of the molecule is CN1CCN(c2cc(-c3nn(COCC[Si](C)(C)C)c4ccc(B5OC(C)(C)C(C)(C)O5)cc34)ccn2)CC1=O.CN1CCN(c2cc(-c3nn(COCC[Si](C)(C)C)c4ccc(O)cc34)ccn2)CC1=O.COCCOc1ccc2c(c1)C(c1ccnc(N3CCN(C)C(=O)C3)c1)=NC2.COCCOc1ccc2c(c1)c(-c1ccnc(N3CCN(C)C(=O)C3)c1)nn2COCC[Si](C)(C)C. The van der Waals surface area contributed by atoms with Gasteiger partial charge in [0.05, 0.1) is 79.4 Å². The first-order valence-electron chi connectivity index (χ1n) is 46.9. The molecule has 0 spiro atoms. The average molecular weight is 1910 g/mol. The van der Waals surface area contributed by atoms with Crippen LogP contribution in [0.1, 0.15) is 44.4 Å². The van der Waals surface area contributed by atoms with Gasteiger partial charge in [0.1, 0.15) is 91.0 Å². The number of phenolic OH excluding ortho intramolecular Hbond substituents is 1. The number of piperazine rings is 4. The molecular weight excluding hydrogens is 1770 g/mol. The second-order valence-electron chi connectivity index (χ2n) is 40.1. The number of anilines is 4. The molecule has 11 aromatic rings. The maximum atomic E-state index is 12.4. The molecule has 17 rings (SSSR count). The maximum Gasteiger partial charge on any atom is 0.494 e. The second-order valence-corrected chi connectivity index (χ2v) is 56.9.